The molecule has 2 aromatic rings. The number of H-pyrrole nitrogens is 1. The molecule has 1 unspecified atom stereocenters. The van der Waals surface area contributed by atoms with Crippen LogP contribution in [0.1, 0.15) is 18.0 Å². The highest BCUT2D eigenvalue weighted by Gasteiger charge is 2.16. The van der Waals surface area contributed by atoms with Gasteiger partial charge in [-0.15, -0.1) is 11.3 Å². The Balaban J connectivity index is 2.29. The number of nitrogens with two attached hydrogens (primary N) is 2. The van der Waals surface area contributed by atoms with Gasteiger partial charge in [0.1, 0.15) is 0 Å². The van der Waals surface area contributed by atoms with E-state index in [4.69, 9.17) is 11.5 Å². The summed E-state index contributed by atoms with van der Waals surface area (Å²) in [5.74, 6) is -0.411. The van der Waals surface area contributed by atoms with E-state index in [0.29, 0.717) is 0 Å². The number of aromatic amines is 1. The normalized spacial score (nSPS) is 12.6. The summed E-state index contributed by atoms with van der Waals surface area (Å²) in [5.41, 5.74) is 12.7. The number of amides is 1. The van der Waals surface area contributed by atoms with Crippen LogP contribution in [0.15, 0.2) is 23.7 Å². The third-order valence-corrected chi connectivity index (χ3v) is 3.14. The molecule has 0 fully saturated rings. The van der Waals surface area contributed by atoms with E-state index in [1.54, 1.807) is 17.5 Å². The summed E-state index contributed by atoms with van der Waals surface area (Å²) in [5, 5.41) is 8.82. The second kappa shape index (κ2) is 4.46. The molecule has 84 valence electrons. The first-order chi connectivity index (χ1) is 7.68. The number of aromatic nitrogens is 2. The van der Waals surface area contributed by atoms with Gasteiger partial charge in [0.2, 0.25) is 5.91 Å². The fourth-order valence-electron chi connectivity index (χ4n) is 1.52. The summed E-state index contributed by atoms with van der Waals surface area (Å²) in [7, 11) is 0. The first-order valence-corrected chi connectivity index (χ1v) is 5.67. The summed E-state index contributed by atoms with van der Waals surface area (Å²) in [6.07, 6.45) is 1.76. The second-order valence-electron chi connectivity index (χ2n) is 3.45. The number of rotatable bonds is 4. The molecule has 6 heteroatoms. The van der Waals surface area contributed by atoms with Gasteiger partial charge in [0, 0.05) is 18.0 Å². The lowest BCUT2D eigenvalue weighted by molar-refractivity contribution is -0.118. The lowest BCUT2D eigenvalue weighted by Gasteiger charge is -2.08. The molecule has 0 aliphatic heterocycles. The Bertz CT molecular complexity index is 477. The minimum absolute atomic E-state index is 0.123. The molecule has 0 radical (unpaired) electrons. The average Bonchev–Trinajstić information content (AvgIpc) is 2.87. The fourth-order valence-corrected chi connectivity index (χ4v) is 2.26. The maximum atomic E-state index is 10.8. The van der Waals surface area contributed by atoms with E-state index >= 15 is 0 Å². The van der Waals surface area contributed by atoms with E-state index in [0.717, 1.165) is 16.1 Å². The predicted molar refractivity (Wildman–Crippen MR) is 62.6 cm³/mol. The molecule has 2 heterocycles. The smallest absolute Gasteiger partial charge is 0.219 e. The predicted octanol–water partition coefficient (Wildman–Crippen LogP) is 1.01. The summed E-state index contributed by atoms with van der Waals surface area (Å²) in [6, 6.07) is 3.51. The molecule has 5 N–H and O–H groups in total. The number of nitrogens with zero attached hydrogens (tertiary/aromatic N) is 1. The van der Waals surface area contributed by atoms with Gasteiger partial charge >= 0.3 is 0 Å². The molecule has 5 nitrogen and oxygen atoms in total. The van der Waals surface area contributed by atoms with Crippen molar-refractivity contribution in [3.05, 3.63) is 29.3 Å². The molecule has 0 saturated heterocycles. The number of hydrogen-bond donors (Lipinski definition) is 3. The Hall–Kier alpha value is -1.66. The van der Waals surface area contributed by atoms with Crippen LogP contribution in [-0.4, -0.2) is 16.1 Å². The van der Waals surface area contributed by atoms with E-state index in [1.165, 1.54) is 0 Å². The molecular formula is C10H12N4OS. The molecule has 16 heavy (non-hydrogen) atoms. The van der Waals surface area contributed by atoms with Gasteiger partial charge in [-0.25, -0.2) is 0 Å². The van der Waals surface area contributed by atoms with E-state index in [9.17, 15) is 4.79 Å². The second-order valence-corrected chi connectivity index (χ2v) is 4.40. The van der Waals surface area contributed by atoms with Gasteiger partial charge in [-0.05, 0) is 11.4 Å². The first kappa shape index (κ1) is 10.8. The van der Waals surface area contributed by atoms with Crippen LogP contribution in [0, 0.1) is 0 Å². The Morgan fingerprint density at radius 2 is 2.44 bits per heavy atom. The minimum atomic E-state index is -0.411. The number of carbonyl (C=O) groups excluding carboxylic acids is 1. The number of carbonyl (C=O) groups is 1. The van der Waals surface area contributed by atoms with Crippen LogP contribution in [0.2, 0.25) is 0 Å². The number of nitrogens with one attached hydrogen (secondary N) is 1. The molecule has 1 amide bonds. The van der Waals surface area contributed by atoms with Gasteiger partial charge in [-0.3, -0.25) is 9.89 Å². The molecule has 0 aliphatic rings. The molecule has 0 aliphatic carbocycles. The third kappa shape index (κ3) is 2.12. The Morgan fingerprint density at radius 3 is 3.06 bits per heavy atom. The Morgan fingerprint density at radius 1 is 1.62 bits per heavy atom. The SMILES string of the molecule is NC(=O)CC(N)c1cn[nH]c1-c1cccs1. The molecule has 1 atom stereocenters. The van der Waals surface area contributed by atoms with Crippen LogP contribution in [-0.2, 0) is 4.79 Å². The zero-order valence-electron chi connectivity index (χ0n) is 8.51. The van der Waals surface area contributed by atoms with E-state index < -0.39 is 11.9 Å². The summed E-state index contributed by atoms with van der Waals surface area (Å²) < 4.78 is 0. The molecule has 2 aromatic heterocycles. The van der Waals surface area contributed by atoms with Crippen molar-refractivity contribution >= 4 is 17.2 Å². The monoisotopic (exact) mass is 236 g/mol. The molecule has 0 bridgehead atoms. The van der Waals surface area contributed by atoms with Crippen molar-refractivity contribution in [2.24, 2.45) is 11.5 Å². The highest BCUT2D eigenvalue weighted by molar-refractivity contribution is 7.13. The number of hydrogen-bond acceptors (Lipinski definition) is 4. The summed E-state index contributed by atoms with van der Waals surface area (Å²) in [4.78, 5) is 11.9. The van der Waals surface area contributed by atoms with E-state index in [1.807, 2.05) is 17.5 Å². The van der Waals surface area contributed by atoms with E-state index in [-0.39, 0.29) is 6.42 Å². The van der Waals surface area contributed by atoms with Gasteiger partial charge in [0.05, 0.1) is 16.8 Å². The van der Waals surface area contributed by atoms with Crippen molar-refractivity contribution in [3.8, 4) is 10.6 Å². The van der Waals surface area contributed by atoms with Crippen LogP contribution < -0.4 is 11.5 Å². The maximum absolute atomic E-state index is 10.8. The highest BCUT2D eigenvalue weighted by atomic mass is 32.1. The topological polar surface area (TPSA) is 97.8 Å². The van der Waals surface area contributed by atoms with Crippen LogP contribution >= 0.6 is 11.3 Å². The van der Waals surface area contributed by atoms with Gasteiger partial charge in [-0.2, -0.15) is 5.10 Å². The molecule has 0 saturated carbocycles. The van der Waals surface area contributed by atoms with Crippen molar-refractivity contribution in [3.63, 3.8) is 0 Å². The maximum Gasteiger partial charge on any atom is 0.219 e. The third-order valence-electron chi connectivity index (χ3n) is 2.26. The lowest BCUT2D eigenvalue weighted by atomic mass is 10.0. The standard InChI is InChI=1S/C10H12N4OS/c11-7(4-9(12)15)6-5-13-14-10(6)8-2-1-3-16-8/h1-3,5,7H,4,11H2,(H2,12,15)(H,13,14). The summed E-state index contributed by atoms with van der Waals surface area (Å²) >= 11 is 1.59. The number of thiophene rings is 1. The zero-order chi connectivity index (χ0) is 11.5. The largest absolute Gasteiger partial charge is 0.370 e. The van der Waals surface area contributed by atoms with Crippen LogP contribution in [0.3, 0.4) is 0 Å². The van der Waals surface area contributed by atoms with Gasteiger partial charge < -0.3 is 11.5 Å². The van der Waals surface area contributed by atoms with Crippen molar-refractivity contribution < 1.29 is 4.79 Å². The Labute approximate surface area is 96.5 Å². The zero-order valence-corrected chi connectivity index (χ0v) is 9.33. The molecule has 0 aromatic carbocycles. The summed E-state index contributed by atoms with van der Waals surface area (Å²) in [6.45, 7) is 0. The molecule has 0 spiro atoms. The number of primary amides is 1. The molecular weight excluding hydrogens is 224 g/mol. The van der Waals surface area contributed by atoms with Gasteiger partial charge in [0.15, 0.2) is 0 Å². The highest BCUT2D eigenvalue weighted by Crippen LogP contribution is 2.29. The molecule has 2 rings (SSSR count). The van der Waals surface area contributed by atoms with Crippen molar-refractivity contribution in [1.82, 2.24) is 10.2 Å². The van der Waals surface area contributed by atoms with Crippen molar-refractivity contribution in [2.75, 3.05) is 0 Å². The minimum Gasteiger partial charge on any atom is -0.370 e. The van der Waals surface area contributed by atoms with Crippen LogP contribution in [0.25, 0.3) is 10.6 Å². The van der Waals surface area contributed by atoms with Crippen LogP contribution in [0.4, 0.5) is 0 Å². The quantitative estimate of drug-likeness (QED) is 0.739. The van der Waals surface area contributed by atoms with Gasteiger partial charge in [-0.1, -0.05) is 6.07 Å². The Kier molecular flexibility index (Phi) is 3.02. The van der Waals surface area contributed by atoms with Crippen LogP contribution in [0.5, 0.6) is 0 Å². The van der Waals surface area contributed by atoms with E-state index in [2.05, 4.69) is 10.2 Å². The van der Waals surface area contributed by atoms with Gasteiger partial charge in [0.25, 0.3) is 0 Å². The average molecular weight is 236 g/mol. The lowest BCUT2D eigenvalue weighted by Crippen LogP contribution is -2.20. The van der Waals surface area contributed by atoms with Crippen molar-refractivity contribution in [1.29, 1.82) is 0 Å². The fraction of sp³-hybridized carbons (Fsp3) is 0.200. The first-order valence-electron chi connectivity index (χ1n) is 4.79. The van der Waals surface area contributed by atoms with Crippen molar-refractivity contribution in [2.45, 2.75) is 12.5 Å².